The van der Waals surface area contributed by atoms with Crippen molar-refractivity contribution in [2.75, 3.05) is 10.6 Å². The lowest BCUT2D eigenvalue weighted by Gasteiger charge is -2.17. The van der Waals surface area contributed by atoms with Crippen LogP contribution < -0.4 is 10.6 Å². The lowest BCUT2D eigenvalue weighted by molar-refractivity contribution is 0.514. The molecule has 0 saturated carbocycles. The van der Waals surface area contributed by atoms with Gasteiger partial charge >= 0.3 is 0 Å². The van der Waals surface area contributed by atoms with Gasteiger partial charge in [0.1, 0.15) is 5.82 Å². The Balaban J connectivity index is 1.61. The number of nitrogens with zero attached hydrogens (tertiary/aromatic N) is 6. The molecule has 0 aliphatic rings. The van der Waals surface area contributed by atoms with Crippen LogP contribution in [0.5, 0.6) is 0 Å². The van der Waals surface area contributed by atoms with E-state index < -0.39 is 10.0 Å². The smallest absolute Gasteiger partial charge is 0.269 e. The third-order valence-electron chi connectivity index (χ3n) is 6.02. The molecule has 3 aromatic heterocycles. The Morgan fingerprint density at radius 3 is 2.32 bits per heavy atom. The number of aromatic nitrogens is 6. The molecule has 0 bridgehead atoms. The third-order valence-corrected chi connectivity index (χ3v) is 7.70. The number of benzene rings is 2. The average molecular weight is 517 g/mol. The minimum atomic E-state index is -3.89. The van der Waals surface area contributed by atoms with E-state index in [1.807, 2.05) is 58.0 Å². The largest absolute Gasteiger partial charge is 0.363 e. The molecule has 2 aromatic carbocycles. The summed E-state index contributed by atoms with van der Waals surface area (Å²) in [5.41, 5.74) is 2.29. The zero-order chi connectivity index (χ0) is 26.2. The first-order valence-electron chi connectivity index (χ1n) is 11.9. The van der Waals surface area contributed by atoms with Gasteiger partial charge in [-0.2, -0.15) is 9.97 Å². The summed E-state index contributed by atoms with van der Waals surface area (Å²) < 4.78 is 30.0. The summed E-state index contributed by atoms with van der Waals surface area (Å²) in [6.45, 7) is 7.92. The predicted octanol–water partition coefficient (Wildman–Crippen LogP) is 5.07. The van der Waals surface area contributed by atoms with Gasteiger partial charge in [0.25, 0.3) is 10.0 Å². The molecule has 0 spiro atoms. The molecule has 37 heavy (non-hydrogen) atoms. The molecule has 0 saturated heterocycles. The van der Waals surface area contributed by atoms with Crippen molar-refractivity contribution in [1.29, 1.82) is 0 Å². The molecule has 1 atom stereocenters. The van der Waals surface area contributed by atoms with Crippen LogP contribution in [0.1, 0.15) is 44.0 Å². The molecule has 5 aromatic rings. The van der Waals surface area contributed by atoms with E-state index >= 15 is 0 Å². The van der Waals surface area contributed by atoms with Crippen molar-refractivity contribution in [3.05, 3.63) is 84.2 Å². The second kappa shape index (κ2) is 9.66. The third kappa shape index (κ3) is 4.90. The topological polar surface area (TPSA) is 120 Å². The SMILES string of the molecule is Cc1ccc(S(=O)(=O)n2ccc3c(N[C@@H](C)c4ccccc4)nc(Nc4cn(C(C)C)nn4)nc32)cc1. The zero-order valence-corrected chi connectivity index (χ0v) is 21.8. The van der Waals surface area contributed by atoms with Crippen molar-refractivity contribution in [3.63, 3.8) is 0 Å². The summed E-state index contributed by atoms with van der Waals surface area (Å²) in [7, 11) is -3.89. The Morgan fingerprint density at radius 1 is 0.919 bits per heavy atom. The van der Waals surface area contributed by atoms with E-state index in [1.165, 1.54) is 10.2 Å². The van der Waals surface area contributed by atoms with E-state index in [0.29, 0.717) is 17.0 Å². The Labute approximate surface area is 215 Å². The van der Waals surface area contributed by atoms with Crippen LogP contribution in [0.25, 0.3) is 11.0 Å². The average Bonchev–Trinajstić information content (AvgIpc) is 3.53. The van der Waals surface area contributed by atoms with Crippen molar-refractivity contribution >= 4 is 38.6 Å². The van der Waals surface area contributed by atoms with Crippen LogP contribution in [0, 0.1) is 6.92 Å². The molecule has 0 aliphatic heterocycles. The number of aryl methyl sites for hydroxylation is 1. The number of rotatable bonds is 8. The van der Waals surface area contributed by atoms with Gasteiger partial charge in [-0.1, -0.05) is 53.2 Å². The molecule has 0 amide bonds. The van der Waals surface area contributed by atoms with Gasteiger partial charge in [-0.15, -0.1) is 5.10 Å². The molecule has 5 rings (SSSR count). The Kier molecular flexibility index (Phi) is 6.38. The number of fused-ring (bicyclic) bond motifs is 1. The maximum Gasteiger partial charge on any atom is 0.269 e. The highest BCUT2D eigenvalue weighted by atomic mass is 32.2. The van der Waals surface area contributed by atoms with Gasteiger partial charge in [0.05, 0.1) is 16.5 Å². The summed E-state index contributed by atoms with van der Waals surface area (Å²) in [6, 6.07) is 18.4. The highest BCUT2D eigenvalue weighted by Crippen LogP contribution is 2.30. The van der Waals surface area contributed by atoms with Crippen molar-refractivity contribution in [1.82, 2.24) is 28.9 Å². The van der Waals surface area contributed by atoms with Gasteiger partial charge in [0.2, 0.25) is 5.95 Å². The van der Waals surface area contributed by atoms with Crippen LogP contribution in [0.4, 0.5) is 17.6 Å². The van der Waals surface area contributed by atoms with Gasteiger partial charge in [0.15, 0.2) is 11.5 Å². The predicted molar refractivity (Wildman–Crippen MR) is 143 cm³/mol. The first-order valence-corrected chi connectivity index (χ1v) is 13.4. The number of hydrogen-bond acceptors (Lipinski definition) is 8. The van der Waals surface area contributed by atoms with Crippen molar-refractivity contribution in [2.45, 2.75) is 44.7 Å². The molecule has 0 fully saturated rings. The Morgan fingerprint density at radius 2 is 1.65 bits per heavy atom. The summed E-state index contributed by atoms with van der Waals surface area (Å²) in [5, 5.41) is 15.3. The maximum absolute atomic E-state index is 13.6. The first-order chi connectivity index (χ1) is 17.7. The fourth-order valence-electron chi connectivity index (χ4n) is 3.91. The fourth-order valence-corrected chi connectivity index (χ4v) is 5.20. The maximum atomic E-state index is 13.6. The highest BCUT2D eigenvalue weighted by Gasteiger charge is 2.23. The molecule has 10 nitrogen and oxygen atoms in total. The van der Waals surface area contributed by atoms with Crippen LogP contribution in [0.2, 0.25) is 0 Å². The van der Waals surface area contributed by atoms with E-state index in [0.717, 1.165) is 11.1 Å². The Hall–Kier alpha value is -4.25. The highest BCUT2D eigenvalue weighted by molar-refractivity contribution is 7.90. The summed E-state index contributed by atoms with van der Waals surface area (Å²) >= 11 is 0. The molecule has 3 heterocycles. The standard InChI is InChI=1S/C26H28N8O2S/c1-17(2)33-16-23(31-32-33)28-26-29-24(27-19(4)20-8-6-5-7-9-20)22-14-15-34(25(22)30-26)37(35,36)21-12-10-18(3)11-13-21/h5-17,19H,1-4H3,(H2,27,28,29,30)/t19-/m0/s1. The van der Waals surface area contributed by atoms with Crippen molar-refractivity contribution in [3.8, 4) is 0 Å². The van der Waals surface area contributed by atoms with E-state index in [1.54, 1.807) is 41.2 Å². The van der Waals surface area contributed by atoms with Gasteiger partial charge in [0, 0.05) is 18.3 Å². The van der Waals surface area contributed by atoms with Gasteiger partial charge in [-0.3, -0.25) is 0 Å². The minimum absolute atomic E-state index is 0.0916. The molecule has 2 N–H and O–H groups in total. The fraction of sp³-hybridized carbons (Fsp3) is 0.231. The van der Waals surface area contributed by atoms with Crippen LogP contribution in [-0.2, 0) is 10.0 Å². The summed E-state index contributed by atoms with van der Waals surface area (Å²) in [6.07, 6.45) is 3.26. The molecular weight excluding hydrogens is 488 g/mol. The van der Waals surface area contributed by atoms with Crippen molar-refractivity contribution < 1.29 is 8.42 Å². The molecule has 11 heteroatoms. The van der Waals surface area contributed by atoms with Gasteiger partial charge in [-0.25, -0.2) is 17.1 Å². The second-order valence-electron chi connectivity index (χ2n) is 9.14. The van der Waals surface area contributed by atoms with Gasteiger partial charge < -0.3 is 10.6 Å². The lowest BCUT2D eigenvalue weighted by Crippen LogP contribution is -2.14. The van der Waals surface area contributed by atoms with Crippen LogP contribution in [0.15, 0.2) is 78.0 Å². The molecular formula is C26H28N8O2S. The minimum Gasteiger partial charge on any atom is -0.363 e. The number of anilines is 3. The quantitative estimate of drug-likeness (QED) is 0.293. The van der Waals surface area contributed by atoms with Crippen LogP contribution in [0.3, 0.4) is 0 Å². The molecule has 190 valence electrons. The lowest BCUT2D eigenvalue weighted by atomic mass is 10.1. The zero-order valence-electron chi connectivity index (χ0n) is 21.0. The normalized spacial score (nSPS) is 12.7. The first kappa shape index (κ1) is 24.4. The summed E-state index contributed by atoms with van der Waals surface area (Å²) in [5.74, 6) is 1.15. The molecule has 0 unspecified atom stereocenters. The van der Waals surface area contributed by atoms with Crippen molar-refractivity contribution in [2.24, 2.45) is 0 Å². The monoisotopic (exact) mass is 516 g/mol. The van der Waals surface area contributed by atoms with E-state index in [4.69, 9.17) is 0 Å². The number of nitrogens with one attached hydrogen (secondary N) is 2. The number of hydrogen-bond donors (Lipinski definition) is 2. The van der Waals surface area contributed by atoms with E-state index in [2.05, 4.69) is 30.9 Å². The van der Waals surface area contributed by atoms with E-state index in [-0.39, 0.29) is 28.6 Å². The van der Waals surface area contributed by atoms with Gasteiger partial charge in [-0.05, 0) is 51.5 Å². The van der Waals surface area contributed by atoms with Crippen LogP contribution in [-0.4, -0.2) is 37.4 Å². The van der Waals surface area contributed by atoms with Crippen LogP contribution >= 0.6 is 0 Å². The second-order valence-corrected chi connectivity index (χ2v) is 11.0. The molecule has 0 aliphatic carbocycles. The Bertz CT molecular complexity index is 1640. The summed E-state index contributed by atoms with van der Waals surface area (Å²) in [4.78, 5) is 9.43. The molecule has 0 radical (unpaired) electrons. The van der Waals surface area contributed by atoms with E-state index in [9.17, 15) is 8.42 Å².